The Morgan fingerprint density at radius 2 is 1.93 bits per heavy atom. The van der Waals surface area contributed by atoms with Crippen LogP contribution in [0.5, 0.6) is 0 Å². The van der Waals surface area contributed by atoms with Crippen molar-refractivity contribution in [1.82, 2.24) is 20.5 Å². The lowest BCUT2D eigenvalue weighted by Gasteiger charge is -2.29. The number of amides is 2. The average Bonchev–Trinajstić information content (AvgIpc) is 2.67. The summed E-state index contributed by atoms with van der Waals surface area (Å²) in [7, 11) is 0. The maximum Gasteiger partial charge on any atom is 0.253 e. The molecule has 1 saturated heterocycles. The van der Waals surface area contributed by atoms with Crippen LogP contribution in [0.1, 0.15) is 45.6 Å². The van der Waals surface area contributed by atoms with Gasteiger partial charge in [0.2, 0.25) is 5.91 Å². The van der Waals surface area contributed by atoms with Gasteiger partial charge in [0.25, 0.3) is 11.5 Å². The molecule has 1 aliphatic rings. The third kappa shape index (κ3) is 5.32. The molecule has 7 nitrogen and oxygen atoms in total. The Bertz CT molecular complexity index is 950. The number of carbonyl (C=O) groups excluding carboxylic acids is 2. The summed E-state index contributed by atoms with van der Waals surface area (Å²) in [6, 6.07) is 9.40. The third-order valence-electron chi connectivity index (χ3n) is 5.31. The first kappa shape index (κ1) is 20.8. The Balaban J connectivity index is 1.58. The minimum absolute atomic E-state index is 0.0677. The summed E-state index contributed by atoms with van der Waals surface area (Å²) in [5.74, 6) is 0.112. The quantitative estimate of drug-likeness (QED) is 0.689. The fraction of sp³-hybridized carbons (Fsp3) is 0.409. The maximum atomic E-state index is 12.5. The van der Waals surface area contributed by atoms with Crippen molar-refractivity contribution >= 4 is 11.8 Å². The molecule has 1 aromatic heterocycles. The number of hydrogen-bond acceptors (Lipinski definition) is 4. The van der Waals surface area contributed by atoms with E-state index in [0.29, 0.717) is 24.2 Å². The zero-order chi connectivity index (χ0) is 21.0. The molecule has 0 spiro atoms. The number of H-pyrrole nitrogens is 1. The number of nitrogens with one attached hydrogen (secondary N) is 3. The largest absolute Gasteiger partial charge is 0.354 e. The highest BCUT2D eigenvalue weighted by molar-refractivity contribution is 5.94. The van der Waals surface area contributed by atoms with E-state index < -0.39 is 0 Å². The number of benzene rings is 1. The number of rotatable bonds is 6. The van der Waals surface area contributed by atoms with Crippen molar-refractivity contribution < 1.29 is 9.59 Å². The highest BCUT2D eigenvalue weighted by Gasteiger charge is 2.19. The number of hydrogen-bond donors (Lipinski definition) is 3. The topological polar surface area (TPSA) is 94.3 Å². The lowest BCUT2D eigenvalue weighted by molar-refractivity contribution is -0.124. The van der Waals surface area contributed by atoms with Crippen molar-refractivity contribution in [1.29, 1.82) is 0 Å². The van der Waals surface area contributed by atoms with E-state index >= 15 is 0 Å². The molecule has 1 unspecified atom stereocenters. The molecule has 0 aliphatic carbocycles. The number of pyridine rings is 1. The van der Waals surface area contributed by atoms with Crippen LogP contribution in [-0.4, -0.2) is 47.9 Å². The lowest BCUT2D eigenvalue weighted by Crippen LogP contribution is -2.48. The zero-order valence-corrected chi connectivity index (χ0v) is 17.2. The molecule has 2 amide bonds. The van der Waals surface area contributed by atoms with Gasteiger partial charge in [-0.3, -0.25) is 19.3 Å². The summed E-state index contributed by atoms with van der Waals surface area (Å²) in [4.78, 5) is 41.0. The van der Waals surface area contributed by atoms with E-state index in [9.17, 15) is 14.4 Å². The molecule has 3 N–H and O–H groups in total. The molecular formula is C22H28N4O3. The van der Waals surface area contributed by atoms with E-state index in [1.807, 2.05) is 32.0 Å². The number of aryl methyl sites for hydroxylation is 2. The van der Waals surface area contributed by atoms with Gasteiger partial charge in [0.15, 0.2) is 0 Å². The summed E-state index contributed by atoms with van der Waals surface area (Å²) >= 11 is 0. The SMILES string of the molecule is Cc1cc(C)c(CNC(=O)c2ccc(C(C)CN3CCNC(=O)C3)cc2)c(=O)[nH]1. The Labute approximate surface area is 170 Å². The number of piperazine rings is 1. The maximum absolute atomic E-state index is 12.5. The molecule has 2 aromatic rings. The summed E-state index contributed by atoms with van der Waals surface area (Å²) in [6.45, 7) is 8.79. The van der Waals surface area contributed by atoms with Crippen molar-refractivity contribution in [2.45, 2.75) is 33.2 Å². The van der Waals surface area contributed by atoms with Gasteiger partial charge in [-0.15, -0.1) is 0 Å². The summed E-state index contributed by atoms with van der Waals surface area (Å²) in [5.41, 5.74) is 3.75. The van der Waals surface area contributed by atoms with E-state index in [1.54, 1.807) is 12.1 Å². The third-order valence-corrected chi connectivity index (χ3v) is 5.31. The fourth-order valence-electron chi connectivity index (χ4n) is 3.68. The molecule has 154 valence electrons. The molecule has 1 aliphatic heterocycles. The van der Waals surface area contributed by atoms with Crippen LogP contribution in [0.15, 0.2) is 35.1 Å². The van der Waals surface area contributed by atoms with Crippen LogP contribution < -0.4 is 16.2 Å². The van der Waals surface area contributed by atoms with E-state index in [2.05, 4.69) is 27.4 Å². The summed E-state index contributed by atoms with van der Waals surface area (Å²) in [5, 5.41) is 5.66. The molecule has 2 heterocycles. The monoisotopic (exact) mass is 396 g/mol. The van der Waals surface area contributed by atoms with Crippen molar-refractivity contribution in [3.63, 3.8) is 0 Å². The minimum Gasteiger partial charge on any atom is -0.354 e. The second-order valence-electron chi connectivity index (χ2n) is 7.73. The number of aromatic nitrogens is 1. The number of nitrogens with zero attached hydrogens (tertiary/aromatic N) is 1. The lowest BCUT2D eigenvalue weighted by atomic mass is 9.98. The molecule has 7 heteroatoms. The van der Waals surface area contributed by atoms with Gasteiger partial charge in [-0.05, 0) is 49.1 Å². The predicted molar refractivity (Wildman–Crippen MR) is 112 cm³/mol. The molecule has 3 rings (SSSR count). The smallest absolute Gasteiger partial charge is 0.253 e. The molecule has 0 bridgehead atoms. The van der Waals surface area contributed by atoms with Crippen LogP contribution in [0, 0.1) is 13.8 Å². The van der Waals surface area contributed by atoms with Crippen LogP contribution >= 0.6 is 0 Å². The van der Waals surface area contributed by atoms with E-state index in [1.165, 1.54) is 0 Å². The highest BCUT2D eigenvalue weighted by atomic mass is 16.2. The van der Waals surface area contributed by atoms with E-state index in [4.69, 9.17) is 0 Å². The van der Waals surface area contributed by atoms with E-state index in [-0.39, 0.29) is 29.8 Å². The Hall–Kier alpha value is -2.93. The van der Waals surface area contributed by atoms with Crippen LogP contribution in [0.3, 0.4) is 0 Å². The van der Waals surface area contributed by atoms with Crippen LogP contribution in [0.25, 0.3) is 0 Å². The Morgan fingerprint density at radius 3 is 2.59 bits per heavy atom. The summed E-state index contributed by atoms with van der Waals surface area (Å²) < 4.78 is 0. The summed E-state index contributed by atoms with van der Waals surface area (Å²) in [6.07, 6.45) is 0. The normalized spacial score (nSPS) is 15.6. The standard InChI is InChI=1S/C22H28N4O3/c1-14-10-16(3)25-22(29)19(14)11-24-21(28)18-6-4-17(5-7-18)15(2)12-26-9-8-23-20(27)13-26/h4-7,10,15H,8-9,11-13H2,1-3H3,(H,23,27)(H,24,28)(H,25,29). The van der Waals surface area contributed by atoms with Crippen LogP contribution in [0.2, 0.25) is 0 Å². The van der Waals surface area contributed by atoms with Gasteiger partial charge >= 0.3 is 0 Å². The first-order chi connectivity index (χ1) is 13.8. The second-order valence-corrected chi connectivity index (χ2v) is 7.73. The fourth-order valence-corrected chi connectivity index (χ4v) is 3.68. The average molecular weight is 396 g/mol. The van der Waals surface area contributed by atoms with Gasteiger partial charge in [-0.1, -0.05) is 19.1 Å². The van der Waals surface area contributed by atoms with Gasteiger partial charge in [0.1, 0.15) is 0 Å². The molecule has 1 atom stereocenters. The molecule has 0 saturated carbocycles. The van der Waals surface area contributed by atoms with Gasteiger partial charge < -0.3 is 15.6 Å². The molecular weight excluding hydrogens is 368 g/mol. The predicted octanol–water partition coefficient (Wildman–Crippen LogP) is 1.46. The van der Waals surface area contributed by atoms with Gasteiger partial charge in [0.05, 0.1) is 6.54 Å². The Morgan fingerprint density at radius 1 is 1.21 bits per heavy atom. The van der Waals surface area contributed by atoms with E-state index in [0.717, 1.165) is 29.9 Å². The van der Waals surface area contributed by atoms with Crippen molar-refractivity contribution in [2.75, 3.05) is 26.2 Å². The minimum atomic E-state index is -0.212. The highest BCUT2D eigenvalue weighted by Crippen LogP contribution is 2.18. The zero-order valence-electron chi connectivity index (χ0n) is 17.2. The van der Waals surface area contributed by atoms with Crippen LogP contribution in [0.4, 0.5) is 0 Å². The first-order valence-electron chi connectivity index (χ1n) is 9.90. The van der Waals surface area contributed by atoms with Gasteiger partial charge in [-0.25, -0.2) is 0 Å². The number of carbonyl (C=O) groups is 2. The van der Waals surface area contributed by atoms with Gasteiger partial charge in [0, 0.05) is 43.0 Å². The molecule has 1 fully saturated rings. The van der Waals surface area contributed by atoms with Crippen molar-refractivity contribution in [2.24, 2.45) is 0 Å². The van der Waals surface area contributed by atoms with Crippen molar-refractivity contribution in [3.8, 4) is 0 Å². The molecule has 0 radical (unpaired) electrons. The molecule has 1 aromatic carbocycles. The van der Waals surface area contributed by atoms with Crippen molar-refractivity contribution in [3.05, 3.63) is 68.6 Å². The first-order valence-corrected chi connectivity index (χ1v) is 9.90. The Kier molecular flexibility index (Phi) is 6.49. The second kappa shape index (κ2) is 9.05. The molecule has 29 heavy (non-hydrogen) atoms. The van der Waals surface area contributed by atoms with Crippen LogP contribution in [-0.2, 0) is 11.3 Å². The van der Waals surface area contributed by atoms with Gasteiger partial charge in [-0.2, -0.15) is 0 Å². The number of aromatic amines is 1.